The maximum atomic E-state index is 14.0. The third-order valence-electron chi connectivity index (χ3n) is 6.56. The van der Waals surface area contributed by atoms with Crippen LogP contribution in [0.25, 0.3) is 22.7 Å². The second-order valence-corrected chi connectivity index (χ2v) is 9.27. The van der Waals surface area contributed by atoms with E-state index < -0.39 is 12.3 Å². The van der Waals surface area contributed by atoms with Crippen molar-refractivity contribution in [1.29, 1.82) is 5.26 Å². The molecule has 0 unspecified atom stereocenters. The highest BCUT2D eigenvalue weighted by Crippen LogP contribution is 2.36. The Morgan fingerprint density at radius 2 is 2.03 bits per heavy atom. The molecule has 0 saturated carbocycles. The Hall–Kier alpha value is -4.89. The van der Waals surface area contributed by atoms with Crippen LogP contribution in [0, 0.1) is 25.2 Å². The van der Waals surface area contributed by atoms with Crippen LogP contribution < -0.4 is 10.1 Å². The summed E-state index contributed by atoms with van der Waals surface area (Å²) in [6.07, 6.45) is 0.385. The van der Waals surface area contributed by atoms with Gasteiger partial charge in [-0.1, -0.05) is 0 Å². The minimum Gasteiger partial charge on any atom is -0.494 e. The van der Waals surface area contributed by atoms with Gasteiger partial charge in [-0.3, -0.25) is 4.57 Å². The average Bonchev–Trinajstić information content (AvgIpc) is 3.67. The number of nitrogens with one attached hydrogen (secondary N) is 1. The molecule has 1 N–H and O–H groups in total. The van der Waals surface area contributed by atoms with Gasteiger partial charge in [-0.05, 0) is 50.2 Å². The second-order valence-electron chi connectivity index (χ2n) is 9.27. The van der Waals surface area contributed by atoms with Gasteiger partial charge in [-0.25, -0.2) is 19.0 Å². The van der Waals surface area contributed by atoms with E-state index in [1.807, 2.05) is 54.8 Å². The van der Waals surface area contributed by atoms with Crippen LogP contribution >= 0.6 is 0 Å². The molecule has 1 aromatic carbocycles. The largest absolute Gasteiger partial charge is 0.494 e. The van der Waals surface area contributed by atoms with E-state index in [0.29, 0.717) is 40.0 Å². The number of aryl methyl sites for hydroxylation is 2. The SMILES string of the molecule is COc1cc2c(cc1Nc1ccc(C)nn1)ncn2-c1ccc([C@@H]2C[C@H](F)CO2)c(-n2nc(C#N)cc2C)n1. The standard InChI is InChI=1S/C27H24FN9O2/c1-15-4-6-25(34-33-15)31-21-10-20-22(11-24(21)38-3)36(14-30-20)26-7-5-19(23-9-17(28)13-39-23)27(32-26)37-16(2)8-18(12-29)35-37/h4-8,10-11,14,17,23H,9,13H2,1-3H3,(H,31,34)/t17-,23-/m0/s1. The maximum absolute atomic E-state index is 14.0. The molecule has 2 atom stereocenters. The minimum absolute atomic E-state index is 0.0316. The Morgan fingerprint density at radius 3 is 2.72 bits per heavy atom. The van der Waals surface area contributed by atoms with Crippen LogP contribution in [-0.4, -0.2) is 54.4 Å². The number of hydrogen-bond donors (Lipinski definition) is 1. The molecule has 39 heavy (non-hydrogen) atoms. The minimum atomic E-state index is -1.05. The highest BCUT2D eigenvalue weighted by molar-refractivity contribution is 5.85. The van der Waals surface area contributed by atoms with Crippen molar-refractivity contribution in [2.75, 3.05) is 19.0 Å². The van der Waals surface area contributed by atoms with Crippen molar-refractivity contribution in [3.05, 3.63) is 71.4 Å². The van der Waals surface area contributed by atoms with Crippen molar-refractivity contribution in [3.8, 4) is 23.5 Å². The molecular weight excluding hydrogens is 501 g/mol. The number of nitrogens with zero attached hydrogens (tertiary/aromatic N) is 8. The number of pyridine rings is 1. The van der Waals surface area contributed by atoms with E-state index in [1.54, 1.807) is 24.2 Å². The van der Waals surface area contributed by atoms with E-state index >= 15 is 0 Å². The summed E-state index contributed by atoms with van der Waals surface area (Å²) in [4.78, 5) is 9.49. The fraction of sp³-hybridized carbons (Fsp3) is 0.259. The molecule has 0 spiro atoms. The lowest BCUT2D eigenvalue weighted by Gasteiger charge is -2.17. The van der Waals surface area contributed by atoms with Crippen LogP contribution in [0.4, 0.5) is 15.9 Å². The van der Waals surface area contributed by atoms with Crippen LogP contribution in [0.3, 0.4) is 0 Å². The normalized spacial score (nSPS) is 16.9. The Morgan fingerprint density at radius 1 is 1.15 bits per heavy atom. The number of halogens is 1. The maximum Gasteiger partial charge on any atom is 0.163 e. The van der Waals surface area contributed by atoms with Gasteiger partial charge in [0.05, 0.1) is 42.2 Å². The first-order chi connectivity index (χ1) is 18.9. The quantitative estimate of drug-likeness (QED) is 0.342. The molecule has 6 rings (SSSR count). The van der Waals surface area contributed by atoms with Gasteiger partial charge in [0, 0.05) is 23.7 Å². The molecule has 1 aliphatic rings. The molecule has 0 amide bonds. The Kier molecular flexibility index (Phi) is 6.12. The fourth-order valence-corrected chi connectivity index (χ4v) is 4.64. The summed E-state index contributed by atoms with van der Waals surface area (Å²) in [5.41, 5.74) is 4.64. The molecule has 1 saturated heterocycles. The van der Waals surface area contributed by atoms with Gasteiger partial charge in [-0.15, -0.1) is 5.10 Å². The molecule has 0 radical (unpaired) electrons. The first-order valence-corrected chi connectivity index (χ1v) is 12.3. The number of imidazole rings is 1. The predicted molar refractivity (Wildman–Crippen MR) is 140 cm³/mol. The summed E-state index contributed by atoms with van der Waals surface area (Å²) in [7, 11) is 1.59. The molecule has 1 fully saturated rings. The van der Waals surface area contributed by atoms with Crippen LogP contribution in [-0.2, 0) is 4.74 Å². The number of aromatic nitrogens is 7. The Bertz CT molecular complexity index is 1720. The summed E-state index contributed by atoms with van der Waals surface area (Å²) in [6, 6.07) is 14.9. The fourth-order valence-electron chi connectivity index (χ4n) is 4.64. The number of ether oxygens (including phenoxy) is 2. The number of rotatable bonds is 6. The summed E-state index contributed by atoms with van der Waals surface area (Å²) >= 11 is 0. The summed E-state index contributed by atoms with van der Waals surface area (Å²) in [5, 5.41) is 25.3. The molecular formula is C27H24FN9O2. The molecule has 5 heterocycles. The third kappa shape index (κ3) is 4.53. The summed E-state index contributed by atoms with van der Waals surface area (Å²) in [6.45, 7) is 3.74. The zero-order valence-electron chi connectivity index (χ0n) is 21.5. The Balaban J connectivity index is 1.44. The van der Waals surface area contributed by atoms with E-state index in [2.05, 4.69) is 31.7 Å². The lowest BCUT2D eigenvalue weighted by molar-refractivity contribution is 0.103. The molecule has 0 bridgehead atoms. The molecule has 11 nitrogen and oxygen atoms in total. The van der Waals surface area contributed by atoms with Crippen molar-refractivity contribution >= 4 is 22.5 Å². The van der Waals surface area contributed by atoms with Crippen molar-refractivity contribution in [1.82, 2.24) is 34.5 Å². The van der Waals surface area contributed by atoms with E-state index in [4.69, 9.17) is 14.5 Å². The van der Waals surface area contributed by atoms with Gasteiger partial charge in [0.2, 0.25) is 0 Å². The molecule has 12 heteroatoms. The number of nitriles is 1. The zero-order chi connectivity index (χ0) is 27.1. The van der Waals surface area contributed by atoms with Crippen molar-refractivity contribution in [2.24, 2.45) is 0 Å². The van der Waals surface area contributed by atoms with Crippen molar-refractivity contribution < 1.29 is 13.9 Å². The first-order valence-electron chi connectivity index (χ1n) is 12.3. The monoisotopic (exact) mass is 525 g/mol. The molecule has 1 aliphatic heterocycles. The number of methoxy groups -OCH3 is 1. The van der Waals surface area contributed by atoms with E-state index in [1.165, 1.54) is 0 Å². The second kappa shape index (κ2) is 9.77. The van der Waals surface area contributed by atoms with Gasteiger partial charge in [0.25, 0.3) is 0 Å². The van der Waals surface area contributed by atoms with E-state index in [-0.39, 0.29) is 18.7 Å². The topological polar surface area (TPSA) is 129 Å². The smallest absolute Gasteiger partial charge is 0.163 e. The van der Waals surface area contributed by atoms with Gasteiger partial charge >= 0.3 is 0 Å². The van der Waals surface area contributed by atoms with Crippen molar-refractivity contribution in [3.63, 3.8) is 0 Å². The number of anilines is 2. The van der Waals surface area contributed by atoms with Gasteiger partial charge in [0.1, 0.15) is 30.1 Å². The number of hydrogen-bond acceptors (Lipinski definition) is 9. The summed E-state index contributed by atoms with van der Waals surface area (Å²) in [5.74, 6) is 2.19. The van der Waals surface area contributed by atoms with Gasteiger partial charge in [-0.2, -0.15) is 15.5 Å². The molecule has 4 aromatic heterocycles. The van der Waals surface area contributed by atoms with Gasteiger partial charge in [0.15, 0.2) is 17.3 Å². The number of fused-ring (bicyclic) bond motifs is 1. The van der Waals surface area contributed by atoms with Crippen LogP contribution in [0.2, 0.25) is 0 Å². The lowest BCUT2D eigenvalue weighted by atomic mass is 10.1. The highest BCUT2D eigenvalue weighted by Gasteiger charge is 2.30. The van der Waals surface area contributed by atoms with Crippen LogP contribution in [0.15, 0.2) is 48.8 Å². The number of alkyl halides is 1. The molecule has 0 aliphatic carbocycles. The molecule has 5 aromatic rings. The number of benzene rings is 1. The predicted octanol–water partition coefficient (Wildman–Crippen LogP) is 4.44. The Labute approximate surface area is 222 Å². The van der Waals surface area contributed by atoms with E-state index in [0.717, 1.165) is 16.9 Å². The zero-order valence-corrected chi connectivity index (χ0v) is 21.5. The third-order valence-corrected chi connectivity index (χ3v) is 6.56. The van der Waals surface area contributed by atoms with E-state index in [9.17, 15) is 9.65 Å². The average molecular weight is 526 g/mol. The van der Waals surface area contributed by atoms with Gasteiger partial charge < -0.3 is 14.8 Å². The van der Waals surface area contributed by atoms with Crippen molar-refractivity contribution in [2.45, 2.75) is 32.5 Å². The lowest BCUT2D eigenvalue weighted by Crippen LogP contribution is -2.12. The summed E-state index contributed by atoms with van der Waals surface area (Å²) < 4.78 is 28.8. The van der Waals surface area contributed by atoms with Crippen LogP contribution in [0.1, 0.15) is 35.2 Å². The molecule has 196 valence electrons. The first kappa shape index (κ1) is 24.4. The highest BCUT2D eigenvalue weighted by atomic mass is 19.1. The van der Waals surface area contributed by atoms with Crippen LogP contribution in [0.5, 0.6) is 5.75 Å².